The summed E-state index contributed by atoms with van der Waals surface area (Å²) in [5.74, 6) is -10.1. The largest absolute Gasteiger partial charge is 0.507 e. The maximum absolute atomic E-state index is 14.0. The van der Waals surface area contributed by atoms with Crippen molar-refractivity contribution in [1.29, 1.82) is 0 Å². The van der Waals surface area contributed by atoms with Gasteiger partial charge in [0.1, 0.15) is 23.2 Å². The molecule has 2 fully saturated rings. The monoisotopic (exact) mass is 586 g/mol. The van der Waals surface area contributed by atoms with E-state index in [2.05, 4.69) is 0 Å². The van der Waals surface area contributed by atoms with Gasteiger partial charge in [-0.2, -0.15) is 0 Å². The lowest BCUT2D eigenvalue weighted by atomic mass is 9.49. The van der Waals surface area contributed by atoms with Gasteiger partial charge in [-0.15, -0.1) is 0 Å². The molecule has 6 unspecified atom stereocenters. The quantitative estimate of drug-likeness (QED) is 0.461. The Kier molecular flexibility index (Phi) is 7.88. The zero-order valence-corrected chi connectivity index (χ0v) is 25.2. The molecule has 3 aliphatic rings. The molecule has 2 aromatic rings. The van der Waals surface area contributed by atoms with Crippen LogP contribution in [0.1, 0.15) is 68.9 Å². The van der Waals surface area contributed by atoms with Crippen molar-refractivity contribution in [2.45, 2.75) is 65.9 Å². The molecular formula is C35H38O8. The minimum absolute atomic E-state index is 0.0202. The van der Waals surface area contributed by atoms with Crippen molar-refractivity contribution in [2.75, 3.05) is 0 Å². The number of fused-ring (bicyclic) bond motifs is 3. The molecule has 0 heterocycles. The predicted octanol–water partition coefficient (Wildman–Crippen LogP) is 4.14. The van der Waals surface area contributed by atoms with Gasteiger partial charge < -0.3 is 10.2 Å². The predicted molar refractivity (Wildman–Crippen MR) is 157 cm³/mol. The van der Waals surface area contributed by atoms with Crippen LogP contribution in [0.2, 0.25) is 0 Å². The van der Waals surface area contributed by atoms with E-state index in [0.29, 0.717) is 24.0 Å². The summed E-state index contributed by atoms with van der Waals surface area (Å²) in [6.07, 6.45) is 1.09. The number of rotatable bonds is 7. The third-order valence-electron chi connectivity index (χ3n) is 9.62. The van der Waals surface area contributed by atoms with Gasteiger partial charge in [0.2, 0.25) is 0 Å². The van der Waals surface area contributed by atoms with E-state index in [1.54, 1.807) is 19.9 Å². The molecule has 8 heteroatoms. The van der Waals surface area contributed by atoms with E-state index >= 15 is 0 Å². The highest BCUT2D eigenvalue weighted by Crippen LogP contribution is 2.53. The SMILES string of the molecule is CC(=O)C1C(=O)C(C(C)C)C2CC3Cc4c(-c5ccc(CC(=O)CC(C)C)cc5)ccc(O)c4C(=O)C3C(=O)C2(O)C1=O. The van der Waals surface area contributed by atoms with Crippen LogP contribution < -0.4 is 0 Å². The van der Waals surface area contributed by atoms with Gasteiger partial charge in [-0.1, -0.05) is 58.0 Å². The highest BCUT2D eigenvalue weighted by atomic mass is 16.3. The Hall–Kier alpha value is -3.78. The van der Waals surface area contributed by atoms with E-state index in [1.807, 2.05) is 38.1 Å². The summed E-state index contributed by atoms with van der Waals surface area (Å²) in [4.78, 5) is 79.6. The minimum atomic E-state index is -2.64. The number of benzene rings is 2. The lowest BCUT2D eigenvalue weighted by Crippen LogP contribution is -2.70. The van der Waals surface area contributed by atoms with Crippen LogP contribution in [0.15, 0.2) is 36.4 Å². The fraction of sp³-hybridized carbons (Fsp3) is 0.486. The van der Waals surface area contributed by atoms with Gasteiger partial charge in [0.05, 0.1) is 11.5 Å². The summed E-state index contributed by atoms with van der Waals surface area (Å²) < 4.78 is 0. The summed E-state index contributed by atoms with van der Waals surface area (Å²) >= 11 is 0. The molecule has 5 rings (SSSR count). The number of hydrogen-bond donors (Lipinski definition) is 2. The van der Waals surface area contributed by atoms with Crippen molar-refractivity contribution in [3.05, 3.63) is 53.1 Å². The molecule has 0 bridgehead atoms. The summed E-state index contributed by atoms with van der Waals surface area (Å²) in [7, 11) is 0. The highest BCUT2D eigenvalue weighted by Gasteiger charge is 2.68. The van der Waals surface area contributed by atoms with Gasteiger partial charge in [-0.3, -0.25) is 28.8 Å². The molecule has 2 aromatic carbocycles. The summed E-state index contributed by atoms with van der Waals surface area (Å²) in [6, 6.07) is 10.6. The molecule has 8 nitrogen and oxygen atoms in total. The van der Waals surface area contributed by atoms with E-state index in [-0.39, 0.29) is 41.8 Å². The van der Waals surface area contributed by atoms with Crippen molar-refractivity contribution in [2.24, 2.45) is 41.4 Å². The highest BCUT2D eigenvalue weighted by molar-refractivity contribution is 6.32. The van der Waals surface area contributed by atoms with Crippen LogP contribution in [0.4, 0.5) is 0 Å². The Morgan fingerprint density at radius 3 is 2.19 bits per heavy atom. The van der Waals surface area contributed by atoms with Crippen LogP contribution in [0.25, 0.3) is 11.1 Å². The Morgan fingerprint density at radius 1 is 0.953 bits per heavy atom. The second kappa shape index (κ2) is 11.1. The Labute approximate surface area is 250 Å². The molecule has 0 saturated heterocycles. The number of phenolic OH excluding ortho intramolecular Hbond substituents is 1. The maximum Gasteiger partial charge on any atom is 0.190 e. The first-order valence-electron chi connectivity index (χ1n) is 15.0. The minimum Gasteiger partial charge on any atom is -0.507 e. The van der Waals surface area contributed by atoms with Crippen LogP contribution in [-0.4, -0.2) is 50.5 Å². The van der Waals surface area contributed by atoms with Crippen LogP contribution >= 0.6 is 0 Å². The molecular weight excluding hydrogens is 548 g/mol. The average Bonchev–Trinajstić information content (AvgIpc) is 2.90. The van der Waals surface area contributed by atoms with Gasteiger partial charge in [0.15, 0.2) is 28.7 Å². The molecule has 0 amide bonds. The number of carbonyl (C=O) groups is 6. The molecule has 6 atom stereocenters. The van der Waals surface area contributed by atoms with E-state index in [4.69, 9.17) is 0 Å². The van der Waals surface area contributed by atoms with Crippen molar-refractivity contribution in [3.63, 3.8) is 0 Å². The van der Waals surface area contributed by atoms with Crippen molar-refractivity contribution < 1.29 is 39.0 Å². The third kappa shape index (κ3) is 4.89. The number of ketones is 6. The van der Waals surface area contributed by atoms with Crippen molar-refractivity contribution in [3.8, 4) is 16.9 Å². The van der Waals surface area contributed by atoms with Crippen LogP contribution in [0.5, 0.6) is 5.75 Å². The number of aliphatic hydroxyl groups is 1. The number of hydrogen-bond acceptors (Lipinski definition) is 8. The molecule has 3 aliphatic carbocycles. The van der Waals surface area contributed by atoms with Gasteiger partial charge >= 0.3 is 0 Å². The number of carbonyl (C=O) groups excluding carboxylic acids is 6. The van der Waals surface area contributed by atoms with E-state index in [1.165, 1.54) is 6.07 Å². The molecule has 43 heavy (non-hydrogen) atoms. The van der Waals surface area contributed by atoms with Crippen molar-refractivity contribution >= 4 is 34.7 Å². The number of Topliss-reactive ketones (excluding diaryl/α,β-unsaturated/α-hetero) is 6. The van der Waals surface area contributed by atoms with Crippen LogP contribution in [0, 0.1) is 41.4 Å². The topological polar surface area (TPSA) is 143 Å². The molecule has 2 N–H and O–H groups in total. The first-order valence-corrected chi connectivity index (χ1v) is 15.0. The molecule has 0 aromatic heterocycles. The molecule has 226 valence electrons. The maximum atomic E-state index is 14.0. The van der Waals surface area contributed by atoms with Gasteiger partial charge in [0, 0.05) is 24.7 Å². The standard InChI is InChI=1S/C35H38O8/c1-16(2)12-22(37)13-19-6-8-20(9-7-19)23-10-11-26(38)30-24(23)14-21-15-25-27(17(3)4)31(39)28(18(5)36)33(41)35(25,43)34(42)29(21)32(30)40/h6-11,16-17,21,25,27-29,38,43H,12-15H2,1-5H3. The molecule has 0 radical (unpaired) electrons. The fourth-order valence-electron chi connectivity index (χ4n) is 7.80. The lowest BCUT2D eigenvalue weighted by Gasteiger charge is -2.52. The third-order valence-corrected chi connectivity index (χ3v) is 9.62. The zero-order chi connectivity index (χ0) is 31.5. The smallest absolute Gasteiger partial charge is 0.190 e. The van der Waals surface area contributed by atoms with Crippen molar-refractivity contribution in [1.82, 2.24) is 0 Å². The van der Waals surface area contributed by atoms with Gasteiger partial charge in [0.25, 0.3) is 0 Å². The van der Waals surface area contributed by atoms with E-state index in [9.17, 15) is 39.0 Å². The Bertz CT molecular complexity index is 1550. The average molecular weight is 587 g/mol. The second-order valence-electron chi connectivity index (χ2n) is 13.4. The normalized spacial score (nSPS) is 28.5. The summed E-state index contributed by atoms with van der Waals surface area (Å²) in [6.45, 7) is 8.59. The van der Waals surface area contributed by atoms with E-state index < -0.39 is 64.1 Å². The first-order chi connectivity index (χ1) is 20.2. The van der Waals surface area contributed by atoms with Gasteiger partial charge in [-0.25, -0.2) is 0 Å². The first kappa shape index (κ1) is 30.7. The fourth-order valence-corrected chi connectivity index (χ4v) is 7.80. The molecule has 2 saturated carbocycles. The number of phenols is 1. The molecule has 0 spiro atoms. The van der Waals surface area contributed by atoms with Gasteiger partial charge in [-0.05, 0) is 65.8 Å². The Morgan fingerprint density at radius 2 is 1.60 bits per heavy atom. The van der Waals surface area contributed by atoms with Crippen LogP contribution in [-0.2, 0) is 36.8 Å². The summed E-state index contributed by atoms with van der Waals surface area (Å²) in [5, 5.41) is 22.6. The Balaban J connectivity index is 1.54. The molecule has 0 aliphatic heterocycles. The lowest BCUT2D eigenvalue weighted by molar-refractivity contribution is -0.182. The number of aromatic hydroxyl groups is 1. The summed E-state index contributed by atoms with van der Waals surface area (Å²) in [5.41, 5.74) is 0.237. The van der Waals surface area contributed by atoms with E-state index in [0.717, 1.165) is 18.1 Å². The van der Waals surface area contributed by atoms with Crippen LogP contribution in [0.3, 0.4) is 0 Å². The zero-order valence-electron chi connectivity index (χ0n) is 25.2. The second-order valence-corrected chi connectivity index (χ2v) is 13.4.